The molecule has 3 heteroatoms. The van der Waals surface area contributed by atoms with Gasteiger partial charge in [0.1, 0.15) is 0 Å². The first-order chi connectivity index (χ1) is 6.61. The van der Waals surface area contributed by atoms with Crippen LogP contribution in [0.25, 0.3) is 0 Å². The zero-order valence-corrected chi connectivity index (χ0v) is 9.74. The molecule has 0 amide bonds. The van der Waals surface area contributed by atoms with Crippen LogP contribution in [0.5, 0.6) is 0 Å². The Labute approximate surface area is 87.7 Å². The molecule has 0 aliphatic carbocycles. The molecule has 0 saturated carbocycles. The smallest absolute Gasteiger partial charge is 0.0796 e. The van der Waals surface area contributed by atoms with E-state index < -0.39 is 12.2 Å². The Morgan fingerprint density at radius 2 is 1.64 bits per heavy atom. The first-order valence-electron chi connectivity index (χ1n) is 5.70. The van der Waals surface area contributed by atoms with E-state index in [0.29, 0.717) is 6.42 Å². The van der Waals surface area contributed by atoms with Crippen molar-refractivity contribution in [3.63, 3.8) is 0 Å². The van der Waals surface area contributed by atoms with Gasteiger partial charge in [0.25, 0.3) is 0 Å². The summed E-state index contributed by atoms with van der Waals surface area (Å²) < 4.78 is 0. The van der Waals surface area contributed by atoms with Gasteiger partial charge in [-0.1, -0.05) is 13.8 Å². The number of hydrogen-bond acceptors (Lipinski definition) is 3. The highest BCUT2D eigenvalue weighted by Gasteiger charge is 2.09. The monoisotopic (exact) mass is 203 g/mol. The largest absolute Gasteiger partial charge is 0.391 e. The van der Waals surface area contributed by atoms with Crippen LogP contribution in [-0.2, 0) is 0 Å². The van der Waals surface area contributed by atoms with E-state index in [-0.39, 0.29) is 0 Å². The van der Waals surface area contributed by atoms with Gasteiger partial charge in [0, 0.05) is 0 Å². The normalized spacial score (nSPS) is 15.9. The van der Waals surface area contributed by atoms with E-state index in [4.69, 9.17) is 5.11 Å². The zero-order chi connectivity index (χ0) is 11.0. The van der Waals surface area contributed by atoms with Gasteiger partial charge in [-0.2, -0.15) is 0 Å². The Hall–Kier alpha value is -0.120. The molecule has 86 valence electrons. The Balaban J connectivity index is 3.36. The van der Waals surface area contributed by atoms with Crippen LogP contribution in [0.2, 0.25) is 0 Å². The molecule has 0 rings (SSSR count). The summed E-state index contributed by atoms with van der Waals surface area (Å²) >= 11 is 0. The lowest BCUT2D eigenvalue weighted by atomic mass is 10.1. The van der Waals surface area contributed by atoms with Crippen LogP contribution in [0, 0.1) is 0 Å². The minimum absolute atomic E-state index is 0.549. The van der Waals surface area contributed by atoms with Crippen molar-refractivity contribution in [3.8, 4) is 0 Å². The lowest BCUT2D eigenvalue weighted by Crippen LogP contribution is -2.25. The molecule has 0 bridgehead atoms. The SMILES string of the molecule is CCN(CC)CCCCC(O)C(C)O. The molecule has 0 aromatic rings. The zero-order valence-electron chi connectivity index (χ0n) is 9.74. The van der Waals surface area contributed by atoms with Gasteiger partial charge in [-0.3, -0.25) is 0 Å². The van der Waals surface area contributed by atoms with Crippen LogP contribution in [0.4, 0.5) is 0 Å². The van der Waals surface area contributed by atoms with E-state index in [1.165, 1.54) is 0 Å². The van der Waals surface area contributed by atoms with E-state index in [9.17, 15) is 5.11 Å². The van der Waals surface area contributed by atoms with E-state index in [1.54, 1.807) is 6.92 Å². The summed E-state index contributed by atoms with van der Waals surface area (Å²) in [5.74, 6) is 0. The fourth-order valence-corrected chi connectivity index (χ4v) is 1.47. The quantitative estimate of drug-likeness (QED) is 0.583. The maximum atomic E-state index is 9.34. The van der Waals surface area contributed by atoms with Gasteiger partial charge in [-0.15, -0.1) is 0 Å². The average Bonchev–Trinajstić information content (AvgIpc) is 2.17. The molecule has 2 N–H and O–H groups in total. The Bertz CT molecular complexity index is 120. The topological polar surface area (TPSA) is 43.7 Å². The maximum Gasteiger partial charge on any atom is 0.0796 e. The molecule has 0 aliphatic rings. The Morgan fingerprint density at radius 1 is 1.07 bits per heavy atom. The van der Waals surface area contributed by atoms with Crippen LogP contribution in [0.3, 0.4) is 0 Å². The molecule has 0 fully saturated rings. The second kappa shape index (κ2) is 8.21. The Morgan fingerprint density at radius 3 is 2.07 bits per heavy atom. The fraction of sp³-hybridized carbons (Fsp3) is 1.00. The second-order valence-electron chi connectivity index (χ2n) is 3.83. The predicted molar refractivity (Wildman–Crippen MR) is 59.3 cm³/mol. The van der Waals surface area contributed by atoms with Gasteiger partial charge in [0.2, 0.25) is 0 Å². The molecule has 0 heterocycles. The summed E-state index contributed by atoms with van der Waals surface area (Å²) in [6.45, 7) is 9.24. The molecule has 0 aromatic carbocycles. The van der Waals surface area contributed by atoms with Gasteiger partial charge >= 0.3 is 0 Å². The van der Waals surface area contributed by atoms with Gasteiger partial charge in [0.15, 0.2) is 0 Å². The highest BCUT2D eigenvalue weighted by Crippen LogP contribution is 2.05. The summed E-state index contributed by atoms with van der Waals surface area (Å²) in [7, 11) is 0. The molecule has 0 aliphatic heterocycles. The van der Waals surface area contributed by atoms with Crippen molar-refractivity contribution in [1.82, 2.24) is 4.90 Å². The third-order valence-electron chi connectivity index (χ3n) is 2.68. The summed E-state index contributed by atoms with van der Waals surface area (Å²) in [6.07, 6.45) is 1.66. The van der Waals surface area contributed by atoms with Crippen LogP contribution in [-0.4, -0.2) is 47.0 Å². The standard InChI is InChI=1S/C11H25NO2/c1-4-12(5-2)9-7-6-8-11(14)10(3)13/h10-11,13-14H,4-9H2,1-3H3. The highest BCUT2D eigenvalue weighted by molar-refractivity contribution is 4.62. The lowest BCUT2D eigenvalue weighted by molar-refractivity contribution is 0.0244. The predicted octanol–water partition coefficient (Wildman–Crippen LogP) is 1.24. The van der Waals surface area contributed by atoms with Crippen molar-refractivity contribution in [2.24, 2.45) is 0 Å². The van der Waals surface area contributed by atoms with Crippen LogP contribution in [0.15, 0.2) is 0 Å². The minimum Gasteiger partial charge on any atom is -0.391 e. The number of unbranched alkanes of at least 4 members (excludes halogenated alkanes) is 1. The molecule has 0 aromatic heterocycles. The van der Waals surface area contributed by atoms with Crippen LogP contribution in [0.1, 0.15) is 40.0 Å². The number of nitrogens with zero attached hydrogens (tertiary/aromatic N) is 1. The molecule has 0 saturated heterocycles. The minimum atomic E-state index is -0.594. The third kappa shape index (κ3) is 6.35. The molecule has 14 heavy (non-hydrogen) atoms. The molecule has 2 atom stereocenters. The van der Waals surface area contributed by atoms with Crippen molar-refractivity contribution in [2.45, 2.75) is 52.2 Å². The molecule has 0 spiro atoms. The average molecular weight is 203 g/mol. The van der Waals surface area contributed by atoms with Gasteiger partial charge in [-0.25, -0.2) is 0 Å². The van der Waals surface area contributed by atoms with Crippen molar-refractivity contribution in [1.29, 1.82) is 0 Å². The summed E-state index contributed by atoms with van der Waals surface area (Å²) in [6, 6.07) is 0. The first kappa shape index (κ1) is 13.9. The third-order valence-corrected chi connectivity index (χ3v) is 2.68. The van der Waals surface area contributed by atoms with Gasteiger partial charge < -0.3 is 15.1 Å². The second-order valence-corrected chi connectivity index (χ2v) is 3.83. The summed E-state index contributed by atoms with van der Waals surface area (Å²) in [4.78, 5) is 2.37. The highest BCUT2D eigenvalue weighted by atomic mass is 16.3. The number of aliphatic hydroxyl groups is 2. The van der Waals surface area contributed by atoms with Crippen LogP contribution < -0.4 is 0 Å². The molecule has 3 nitrogen and oxygen atoms in total. The number of rotatable bonds is 8. The molecular weight excluding hydrogens is 178 g/mol. The number of aliphatic hydroxyl groups excluding tert-OH is 2. The summed E-state index contributed by atoms with van der Waals surface area (Å²) in [5, 5.41) is 18.4. The molecule has 0 radical (unpaired) electrons. The van der Waals surface area contributed by atoms with Crippen LogP contribution >= 0.6 is 0 Å². The van der Waals surface area contributed by atoms with E-state index in [1.807, 2.05) is 0 Å². The van der Waals surface area contributed by atoms with Crippen molar-refractivity contribution in [3.05, 3.63) is 0 Å². The lowest BCUT2D eigenvalue weighted by Gasteiger charge is -2.18. The first-order valence-corrected chi connectivity index (χ1v) is 5.70. The van der Waals surface area contributed by atoms with E-state index >= 15 is 0 Å². The van der Waals surface area contributed by atoms with Crippen molar-refractivity contribution in [2.75, 3.05) is 19.6 Å². The van der Waals surface area contributed by atoms with Gasteiger partial charge in [0.05, 0.1) is 12.2 Å². The molecule has 2 unspecified atom stereocenters. The van der Waals surface area contributed by atoms with Crippen molar-refractivity contribution < 1.29 is 10.2 Å². The van der Waals surface area contributed by atoms with E-state index in [0.717, 1.165) is 32.5 Å². The Kier molecular flexibility index (Phi) is 8.14. The van der Waals surface area contributed by atoms with E-state index in [2.05, 4.69) is 18.7 Å². The number of hydrogen-bond donors (Lipinski definition) is 2. The maximum absolute atomic E-state index is 9.34. The van der Waals surface area contributed by atoms with Crippen molar-refractivity contribution >= 4 is 0 Å². The fourth-order valence-electron chi connectivity index (χ4n) is 1.47. The summed E-state index contributed by atoms with van der Waals surface area (Å²) in [5.41, 5.74) is 0. The van der Waals surface area contributed by atoms with Gasteiger partial charge in [-0.05, 0) is 45.8 Å². The molecular formula is C11H25NO2.